The number of nitrogens with one attached hydrogen (secondary N) is 2. The third-order valence-electron chi connectivity index (χ3n) is 3.67. The number of aromatic nitrogens is 4. The van der Waals surface area contributed by atoms with Crippen LogP contribution in [0.1, 0.15) is 6.42 Å². The summed E-state index contributed by atoms with van der Waals surface area (Å²) < 4.78 is 11.5. The molecule has 4 aromatic rings. The average molecular weight is 339 g/mol. The fraction of sp³-hybridized carbons (Fsp3) is 0.125. The Kier molecular flexibility index (Phi) is 3.65. The van der Waals surface area contributed by atoms with Crippen LogP contribution in [-0.4, -0.2) is 25.7 Å². The molecule has 4 rings (SSSR count). The molecule has 1 amide bonds. The Morgan fingerprint density at radius 3 is 3.00 bits per heavy atom. The van der Waals surface area contributed by atoms with Crippen LogP contribution < -0.4 is 11.1 Å². The van der Waals surface area contributed by atoms with Crippen molar-refractivity contribution in [3.63, 3.8) is 0 Å². The lowest BCUT2D eigenvalue weighted by atomic mass is 10.3. The normalized spacial score (nSPS) is 11.0. The van der Waals surface area contributed by atoms with Gasteiger partial charge in [-0.15, -0.1) is 5.10 Å². The van der Waals surface area contributed by atoms with Gasteiger partial charge in [0, 0.05) is 13.0 Å². The molecule has 0 saturated carbocycles. The predicted molar refractivity (Wildman–Crippen MR) is 87.8 cm³/mol. The topological polar surface area (TPSA) is 119 Å². The van der Waals surface area contributed by atoms with Gasteiger partial charge in [-0.1, -0.05) is 12.1 Å². The first-order valence-corrected chi connectivity index (χ1v) is 7.54. The number of anilines is 1. The van der Waals surface area contributed by atoms with Crippen LogP contribution in [0.4, 0.5) is 5.95 Å². The number of H-pyrrole nitrogens is 1. The van der Waals surface area contributed by atoms with Crippen LogP contribution in [0.15, 0.2) is 56.5 Å². The lowest BCUT2D eigenvalue weighted by Gasteiger charge is -2.02. The van der Waals surface area contributed by atoms with Crippen molar-refractivity contribution in [3.8, 4) is 11.4 Å². The molecule has 25 heavy (non-hydrogen) atoms. The number of nitrogens with zero attached hydrogens (tertiary/aromatic N) is 3. The minimum absolute atomic E-state index is 0.0824. The zero-order chi connectivity index (χ0) is 17.2. The van der Waals surface area contributed by atoms with Gasteiger partial charge in [-0.05, 0) is 18.2 Å². The predicted octanol–water partition coefficient (Wildman–Crippen LogP) is 2.00. The molecule has 0 fully saturated rings. The van der Waals surface area contributed by atoms with Crippen LogP contribution in [-0.2, 0) is 11.3 Å². The van der Waals surface area contributed by atoms with E-state index in [-0.39, 0.29) is 24.8 Å². The molecule has 2 N–H and O–H groups in total. The van der Waals surface area contributed by atoms with Gasteiger partial charge in [0.05, 0.1) is 17.3 Å². The molecule has 9 nitrogen and oxygen atoms in total. The average Bonchev–Trinajstić information content (AvgIpc) is 3.32. The van der Waals surface area contributed by atoms with Crippen molar-refractivity contribution in [1.82, 2.24) is 19.7 Å². The lowest BCUT2D eigenvalue weighted by molar-refractivity contribution is -0.116. The van der Waals surface area contributed by atoms with E-state index < -0.39 is 5.76 Å². The van der Waals surface area contributed by atoms with Crippen LogP contribution in [0.3, 0.4) is 0 Å². The number of hydrogen-bond donors (Lipinski definition) is 2. The highest BCUT2D eigenvalue weighted by atomic mass is 16.4. The molecule has 0 saturated heterocycles. The number of furan rings is 1. The third kappa shape index (κ3) is 2.94. The summed E-state index contributed by atoms with van der Waals surface area (Å²) in [4.78, 5) is 28.1. The van der Waals surface area contributed by atoms with Gasteiger partial charge >= 0.3 is 5.76 Å². The Morgan fingerprint density at radius 1 is 1.28 bits per heavy atom. The second kappa shape index (κ2) is 6.11. The Bertz CT molecular complexity index is 1070. The third-order valence-corrected chi connectivity index (χ3v) is 3.67. The quantitative estimate of drug-likeness (QED) is 0.574. The van der Waals surface area contributed by atoms with Gasteiger partial charge in [-0.3, -0.25) is 19.8 Å². The van der Waals surface area contributed by atoms with Crippen LogP contribution in [0, 0.1) is 0 Å². The van der Waals surface area contributed by atoms with Crippen molar-refractivity contribution in [2.24, 2.45) is 0 Å². The summed E-state index contributed by atoms with van der Waals surface area (Å²) in [5.41, 5.74) is 1.87. The molecule has 3 aromatic heterocycles. The second-order valence-corrected chi connectivity index (χ2v) is 5.31. The molecule has 126 valence electrons. The Labute approximate surface area is 140 Å². The molecule has 9 heteroatoms. The largest absolute Gasteiger partial charge is 0.472 e. The van der Waals surface area contributed by atoms with E-state index in [1.165, 1.54) is 17.1 Å². The number of carbonyl (C=O) groups is 1. The summed E-state index contributed by atoms with van der Waals surface area (Å²) in [5.74, 6) is -0.157. The molecule has 0 atom stereocenters. The van der Waals surface area contributed by atoms with Gasteiger partial charge in [-0.2, -0.15) is 4.98 Å². The van der Waals surface area contributed by atoms with Gasteiger partial charge in [0.1, 0.15) is 6.26 Å². The van der Waals surface area contributed by atoms with E-state index in [4.69, 9.17) is 8.83 Å². The second-order valence-electron chi connectivity index (χ2n) is 5.31. The zero-order valence-electron chi connectivity index (χ0n) is 12.9. The first-order valence-electron chi connectivity index (χ1n) is 7.54. The minimum Gasteiger partial charge on any atom is -0.472 e. The Hall–Kier alpha value is -3.62. The Morgan fingerprint density at radius 2 is 2.16 bits per heavy atom. The summed E-state index contributed by atoms with van der Waals surface area (Å²) in [6.45, 7) is 0.195. The monoisotopic (exact) mass is 339 g/mol. The fourth-order valence-electron chi connectivity index (χ4n) is 2.47. The van der Waals surface area contributed by atoms with Crippen molar-refractivity contribution in [1.29, 1.82) is 0 Å². The maximum absolute atomic E-state index is 12.1. The molecule has 0 unspecified atom stereocenters. The number of aryl methyl sites for hydroxylation is 1. The first-order chi connectivity index (χ1) is 12.2. The van der Waals surface area contributed by atoms with Crippen molar-refractivity contribution >= 4 is 23.0 Å². The smallest absolute Gasteiger partial charge is 0.419 e. The van der Waals surface area contributed by atoms with Crippen LogP contribution in [0.25, 0.3) is 22.5 Å². The fourth-order valence-corrected chi connectivity index (χ4v) is 2.47. The van der Waals surface area contributed by atoms with Crippen LogP contribution in [0.5, 0.6) is 0 Å². The number of oxazole rings is 1. The molecular weight excluding hydrogens is 326 g/mol. The number of fused-ring (bicyclic) bond motifs is 1. The highest BCUT2D eigenvalue weighted by Gasteiger charge is 2.12. The number of hydrogen-bond acceptors (Lipinski definition) is 6. The summed E-state index contributed by atoms with van der Waals surface area (Å²) in [7, 11) is 0. The molecule has 1 aromatic carbocycles. The number of carbonyl (C=O) groups excluding carboxylic acids is 1. The zero-order valence-corrected chi connectivity index (χ0v) is 12.9. The van der Waals surface area contributed by atoms with E-state index in [1.54, 1.807) is 30.3 Å². The molecule has 0 bridgehead atoms. The number of amides is 1. The molecule has 0 aliphatic rings. The van der Waals surface area contributed by atoms with Crippen LogP contribution in [0.2, 0.25) is 0 Å². The van der Waals surface area contributed by atoms with E-state index >= 15 is 0 Å². The van der Waals surface area contributed by atoms with E-state index in [2.05, 4.69) is 20.5 Å². The number of para-hydroxylation sites is 2. The molecule has 0 aliphatic heterocycles. The molecule has 3 heterocycles. The summed E-state index contributed by atoms with van der Waals surface area (Å²) in [6.07, 6.45) is 3.12. The van der Waals surface area contributed by atoms with Gasteiger partial charge in [0.25, 0.3) is 0 Å². The van der Waals surface area contributed by atoms with E-state index in [1.807, 2.05) is 0 Å². The van der Waals surface area contributed by atoms with E-state index in [0.29, 0.717) is 16.9 Å². The van der Waals surface area contributed by atoms with E-state index in [0.717, 1.165) is 5.56 Å². The van der Waals surface area contributed by atoms with Crippen molar-refractivity contribution < 1.29 is 13.6 Å². The number of rotatable bonds is 5. The van der Waals surface area contributed by atoms with Crippen molar-refractivity contribution in [2.75, 3.05) is 5.32 Å². The van der Waals surface area contributed by atoms with Crippen molar-refractivity contribution in [3.05, 3.63) is 53.4 Å². The maximum atomic E-state index is 12.1. The van der Waals surface area contributed by atoms with Crippen molar-refractivity contribution in [2.45, 2.75) is 13.0 Å². The number of aromatic amines is 1. The van der Waals surface area contributed by atoms with Gasteiger partial charge in [0.15, 0.2) is 11.4 Å². The van der Waals surface area contributed by atoms with E-state index in [9.17, 15) is 9.59 Å². The molecule has 0 spiro atoms. The summed E-state index contributed by atoms with van der Waals surface area (Å²) in [6, 6.07) is 8.79. The van der Waals surface area contributed by atoms with Crippen LogP contribution >= 0.6 is 0 Å². The van der Waals surface area contributed by atoms with Gasteiger partial charge < -0.3 is 8.83 Å². The van der Waals surface area contributed by atoms with Gasteiger partial charge in [0.2, 0.25) is 11.9 Å². The highest BCUT2D eigenvalue weighted by Crippen LogP contribution is 2.16. The number of benzene rings is 1. The molecule has 0 aliphatic carbocycles. The summed E-state index contributed by atoms with van der Waals surface area (Å²) >= 11 is 0. The summed E-state index contributed by atoms with van der Waals surface area (Å²) in [5, 5.41) is 9.22. The Balaban J connectivity index is 1.42. The molecular formula is C16H13N5O4. The highest BCUT2D eigenvalue weighted by molar-refractivity contribution is 5.89. The maximum Gasteiger partial charge on any atom is 0.419 e. The SMILES string of the molecule is O=C(CCn1c(=O)oc2ccccc21)Nc1n[nH]c(-c2ccoc2)n1. The lowest BCUT2D eigenvalue weighted by Crippen LogP contribution is -2.20. The standard InChI is InChI=1S/C16H13N5O4/c22-13(17-15-18-14(19-20-15)10-6-8-24-9-10)5-7-21-11-3-1-2-4-12(11)25-16(21)23/h1-4,6,8-9H,5,7H2,(H2,17,18,19,20,22). The van der Waals surface area contributed by atoms with Gasteiger partial charge in [-0.25, -0.2) is 4.79 Å². The molecule has 0 radical (unpaired) electrons. The minimum atomic E-state index is -0.492. The first kappa shape index (κ1) is 14.9.